The van der Waals surface area contributed by atoms with Crippen LogP contribution in [0.25, 0.3) is 0 Å². The van der Waals surface area contributed by atoms with Gasteiger partial charge in [0.2, 0.25) is 5.91 Å². The summed E-state index contributed by atoms with van der Waals surface area (Å²) in [6.07, 6.45) is 4.45. The van der Waals surface area contributed by atoms with Gasteiger partial charge in [0.05, 0.1) is 13.2 Å². The van der Waals surface area contributed by atoms with Gasteiger partial charge in [0, 0.05) is 35.5 Å². The maximum atomic E-state index is 15.5. The van der Waals surface area contributed by atoms with Gasteiger partial charge in [0.15, 0.2) is 0 Å². The second-order valence-corrected chi connectivity index (χ2v) is 12.9. The third-order valence-corrected chi connectivity index (χ3v) is 8.85. The average Bonchev–Trinajstić information content (AvgIpc) is 3.27. The van der Waals surface area contributed by atoms with Crippen LogP contribution in [0, 0.1) is 23.1 Å². The summed E-state index contributed by atoms with van der Waals surface area (Å²) in [6.45, 7) is 10.7. The molecular formula is C33H45FN2O4. The van der Waals surface area contributed by atoms with Crippen molar-refractivity contribution in [1.29, 1.82) is 0 Å². The largest absolute Gasteiger partial charge is 0.496 e. The molecule has 0 radical (unpaired) electrons. The molecular weight excluding hydrogens is 507 g/mol. The van der Waals surface area contributed by atoms with Crippen LogP contribution in [0.1, 0.15) is 95.4 Å². The zero-order chi connectivity index (χ0) is 29.2. The summed E-state index contributed by atoms with van der Waals surface area (Å²) in [6, 6.07) is 10.2. The number of amides is 1. The lowest BCUT2D eigenvalue weighted by atomic mass is 9.72. The number of rotatable bonds is 8. The summed E-state index contributed by atoms with van der Waals surface area (Å²) < 4.78 is 21.2. The number of nitrogens with zero attached hydrogens (tertiary/aromatic N) is 1. The molecule has 2 fully saturated rings. The van der Waals surface area contributed by atoms with Gasteiger partial charge in [-0.2, -0.15) is 0 Å². The maximum absolute atomic E-state index is 15.5. The quantitative estimate of drug-likeness (QED) is 0.381. The molecule has 2 aliphatic rings. The molecule has 1 amide bonds. The number of hydrogen-bond donors (Lipinski definition) is 2. The third-order valence-electron chi connectivity index (χ3n) is 8.85. The Hall–Kier alpha value is -2.93. The first-order chi connectivity index (χ1) is 19.0. The Morgan fingerprint density at radius 2 is 1.77 bits per heavy atom. The fourth-order valence-corrected chi connectivity index (χ4v) is 6.85. The summed E-state index contributed by atoms with van der Waals surface area (Å²) in [5, 5.41) is 14.3. The molecule has 40 heavy (non-hydrogen) atoms. The minimum Gasteiger partial charge on any atom is -0.496 e. The first-order valence-corrected chi connectivity index (χ1v) is 14.6. The predicted molar refractivity (Wildman–Crippen MR) is 155 cm³/mol. The van der Waals surface area contributed by atoms with Crippen molar-refractivity contribution in [3.05, 3.63) is 65.0 Å². The molecule has 0 bridgehead atoms. The van der Waals surface area contributed by atoms with Crippen LogP contribution in [0.4, 0.5) is 4.39 Å². The van der Waals surface area contributed by atoms with Gasteiger partial charge in [-0.25, -0.2) is 9.18 Å². The normalized spacial score (nSPS) is 23.9. The Balaban J connectivity index is 1.84. The van der Waals surface area contributed by atoms with E-state index in [-0.39, 0.29) is 11.8 Å². The van der Waals surface area contributed by atoms with E-state index in [1.807, 2.05) is 32.9 Å². The van der Waals surface area contributed by atoms with E-state index in [9.17, 15) is 14.7 Å². The van der Waals surface area contributed by atoms with E-state index < -0.39 is 41.2 Å². The second kappa shape index (κ2) is 12.3. The molecule has 1 aliphatic heterocycles. The van der Waals surface area contributed by atoms with Crippen molar-refractivity contribution in [1.82, 2.24) is 10.2 Å². The highest BCUT2D eigenvalue weighted by Crippen LogP contribution is 2.49. The number of likely N-dealkylation sites (tertiary alicyclic amines) is 1. The van der Waals surface area contributed by atoms with E-state index >= 15 is 4.39 Å². The van der Waals surface area contributed by atoms with E-state index in [2.05, 4.69) is 25.2 Å². The van der Waals surface area contributed by atoms with Crippen molar-refractivity contribution in [2.24, 2.45) is 17.3 Å². The van der Waals surface area contributed by atoms with Gasteiger partial charge in [-0.15, -0.1) is 0 Å². The highest BCUT2D eigenvalue weighted by Gasteiger charge is 2.58. The SMILES string of the molecule is COc1ccc(C(C)C)cc1CN[C@H]1[C@H](C(C)(C)C)[C@@H](C(=O)O)N(C(=O)C2CCCCC2)[C@H]1c1ccccc1F. The Morgan fingerprint density at radius 3 is 2.35 bits per heavy atom. The van der Waals surface area contributed by atoms with Crippen LogP contribution < -0.4 is 10.1 Å². The van der Waals surface area contributed by atoms with Crippen LogP contribution in [0.2, 0.25) is 0 Å². The number of benzene rings is 2. The summed E-state index contributed by atoms with van der Waals surface area (Å²) in [7, 11) is 1.63. The highest BCUT2D eigenvalue weighted by molar-refractivity contribution is 5.87. The van der Waals surface area contributed by atoms with Crippen molar-refractivity contribution in [3.63, 3.8) is 0 Å². The molecule has 0 spiro atoms. The molecule has 4 atom stereocenters. The van der Waals surface area contributed by atoms with E-state index in [0.29, 0.717) is 18.0 Å². The van der Waals surface area contributed by atoms with Crippen molar-refractivity contribution in [3.8, 4) is 5.75 Å². The first-order valence-electron chi connectivity index (χ1n) is 14.6. The third kappa shape index (κ3) is 6.04. The van der Waals surface area contributed by atoms with Crippen LogP contribution in [0.3, 0.4) is 0 Å². The molecule has 2 N–H and O–H groups in total. The molecule has 6 nitrogen and oxygen atoms in total. The number of ether oxygens (including phenoxy) is 1. The number of carbonyl (C=O) groups excluding carboxylic acids is 1. The molecule has 4 rings (SSSR count). The Labute approximate surface area is 238 Å². The molecule has 1 saturated carbocycles. The first kappa shape index (κ1) is 30.0. The topological polar surface area (TPSA) is 78.9 Å². The van der Waals surface area contributed by atoms with Crippen molar-refractivity contribution in [2.45, 2.75) is 97.3 Å². The van der Waals surface area contributed by atoms with Crippen molar-refractivity contribution in [2.75, 3.05) is 7.11 Å². The van der Waals surface area contributed by atoms with E-state index in [4.69, 9.17) is 4.74 Å². The van der Waals surface area contributed by atoms with Gasteiger partial charge in [-0.1, -0.05) is 84.2 Å². The Morgan fingerprint density at radius 1 is 1.10 bits per heavy atom. The number of nitrogens with one attached hydrogen (secondary N) is 1. The number of carboxylic acids is 1. The maximum Gasteiger partial charge on any atom is 0.326 e. The van der Waals surface area contributed by atoms with Gasteiger partial charge in [-0.3, -0.25) is 4.79 Å². The lowest BCUT2D eigenvalue weighted by molar-refractivity contribution is -0.154. The second-order valence-electron chi connectivity index (χ2n) is 12.9. The van der Waals surface area contributed by atoms with Gasteiger partial charge in [0.25, 0.3) is 0 Å². The zero-order valence-corrected chi connectivity index (χ0v) is 24.7. The number of hydrogen-bond acceptors (Lipinski definition) is 4. The van der Waals surface area contributed by atoms with E-state index in [1.54, 1.807) is 25.3 Å². The Kier molecular flexibility index (Phi) is 9.23. The molecule has 2 aromatic carbocycles. The van der Waals surface area contributed by atoms with Crippen LogP contribution in [0.5, 0.6) is 5.75 Å². The smallest absolute Gasteiger partial charge is 0.326 e. The predicted octanol–water partition coefficient (Wildman–Crippen LogP) is 6.70. The number of methoxy groups -OCH3 is 1. The highest BCUT2D eigenvalue weighted by atomic mass is 19.1. The van der Waals surface area contributed by atoms with Crippen LogP contribution in [-0.2, 0) is 16.1 Å². The van der Waals surface area contributed by atoms with Gasteiger partial charge >= 0.3 is 5.97 Å². The summed E-state index contributed by atoms with van der Waals surface area (Å²) in [4.78, 5) is 28.8. The van der Waals surface area contributed by atoms with Gasteiger partial charge in [-0.05, 0) is 41.9 Å². The van der Waals surface area contributed by atoms with Crippen LogP contribution >= 0.6 is 0 Å². The van der Waals surface area contributed by atoms with Crippen molar-refractivity contribution >= 4 is 11.9 Å². The van der Waals surface area contributed by atoms with Crippen molar-refractivity contribution < 1.29 is 23.8 Å². The molecule has 218 valence electrons. The lowest BCUT2D eigenvalue weighted by Crippen LogP contribution is -2.49. The lowest BCUT2D eigenvalue weighted by Gasteiger charge is -2.36. The fraction of sp³-hybridized carbons (Fsp3) is 0.576. The molecule has 1 aliphatic carbocycles. The number of carboxylic acid groups (broad SMARTS) is 1. The summed E-state index contributed by atoms with van der Waals surface area (Å²) in [5.41, 5.74) is 1.97. The van der Waals surface area contributed by atoms with Crippen LogP contribution in [0.15, 0.2) is 42.5 Å². The molecule has 0 unspecified atom stereocenters. The van der Waals surface area contributed by atoms with Crippen LogP contribution in [-0.4, -0.2) is 41.1 Å². The molecule has 1 heterocycles. The summed E-state index contributed by atoms with van der Waals surface area (Å²) >= 11 is 0. The zero-order valence-electron chi connectivity index (χ0n) is 24.7. The fourth-order valence-electron chi connectivity index (χ4n) is 6.85. The number of aliphatic carboxylic acids is 1. The minimum atomic E-state index is -1.08. The number of halogens is 1. The Bertz CT molecular complexity index is 1200. The standard InChI is InChI=1S/C33H45FN2O4/c1-20(2)22-16-17-26(40-6)23(18-22)19-35-28-27(33(3,4)5)30(32(38)39)36(31(37)21-12-8-7-9-13-21)29(28)24-14-10-11-15-25(24)34/h10-11,14-18,20-21,27-30,35H,7-9,12-13,19H2,1-6H3,(H,38,39)/t27-,28-,29-,30-/m0/s1. The molecule has 0 aromatic heterocycles. The van der Waals surface area contributed by atoms with Gasteiger partial charge in [0.1, 0.15) is 17.6 Å². The minimum absolute atomic E-state index is 0.168. The van der Waals surface area contributed by atoms with E-state index in [1.165, 1.54) is 16.5 Å². The monoisotopic (exact) mass is 552 g/mol. The van der Waals surface area contributed by atoms with E-state index in [0.717, 1.165) is 43.4 Å². The molecule has 2 aromatic rings. The summed E-state index contributed by atoms with van der Waals surface area (Å²) in [5.74, 6) is -1.31. The number of carbonyl (C=O) groups is 2. The van der Waals surface area contributed by atoms with Gasteiger partial charge < -0.3 is 20.1 Å². The molecule has 1 saturated heterocycles. The molecule has 7 heteroatoms. The average molecular weight is 553 g/mol.